The predicted molar refractivity (Wildman–Crippen MR) is 74.5 cm³/mol. The molecule has 0 aromatic heterocycles. The molecule has 2 rings (SSSR count). The summed E-state index contributed by atoms with van der Waals surface area (Å²) in [6.07, 6.45) is 3.84. The predicted octanol–water partition coefficient (Wildman–Crippen LogP) is 2.19. The number of nitrogens with two attached hydrogens (primary N) is 1. The van der Waals surface area contributed by atoms with Crippen molar-refractivity contribution in [2.75, 3.05) is 26.7 Å². The lowest BCUT2D eigenvalue weighted by Gasteiger charge is -2.22. The summed E-state index contributed by atoms with van der Waals surface area (Å²) in [5.74, 6) is 0. The molecule has 18 heavy (non-hydrogen) atoms. The van der Waals surface area contributed by atoms with Crippen LogP contribution < -0.4 is 5.73 Å². The van der Waals surface area contributed by atoms with Crippen molar-refractivity contribution < 1.29 is 4.74 Å². The van der Waals surface area contributed by atoms with Crippen LogP contribution in [0, 0.1) is 0 Å². The number of nitrogens with zero attached hydrogens (tertiary/aromatic N) is 1. The minimum Gasteiger partial charge on any atom is -0.377 e. The van der Waals surface area contributed by atoms with Gasteiger partial charge in [-0.25, -0.2) is 0 Å². The Labute approximate surface area is 110 Å². The van der Waals surface area contributed by atoms with Crippen LogP contribution in [0.1, 0.15) is 30.9 Å². The van der Waals surface area contributed by atoms with E-state index in [-0.39, 0.29) is 6.04 Å². The third-order valence-electron chi connectivity index (χ3n) is 3.59. The number of benzene rings is 1. The van der Waals surface area contributed by atoms with Crippen molar-refractivity contribution in [1.82, 2.24) is 4.90 Å². The number of likely N-dealkylation sites (N-methyl/N-ethyl adjacent to an activating group) is 1. The van der Waals surface area contributed by atoms with Crippen LogP contribution in [0.5, 0.6) is 0 Å². The average Bonchev–Trinajstić information content (AvgIpc) is 2.90. The summed E-state index contributed by atoms with van der Waals surface area (Å²) >= 11 is 0. The van der Waals surface area contributed by atoms with E-state index in [1.54, 1.807) is 0 Å². The van der Waals surface area contributed by atoms with Crippen LogP contribution in [0.25, 0.3) is 0 Å². The van der Waals surface area contributed by atoms with Crippen LogP contribution in [-0.4, -0.2) is 37.7 Å². The van der Waals surface area contributed by atoms with Crippen molar-refractivity contribution in [3.05, 3.63) is 35.9 Å². The van der Waals surface area contributed by atoms with Gasteiger partial charge in [-0.15, -0.1) is 0 Å². The third kappa shape index (κ3) is 4.09. The molecule has 3 heteroatoms. The minimum atomic E-state index is 0.137. The van der Waals surface area contributed by atoms with Crippen molar-refractivity contribution in [2.45, 2.75) is 31.4 Å². The molecule has 1 heterocycles. The Hall–Kier alpha value is -0.900. The first-order valence-electron chi connectivity index (χ1n) is 6.86. The highest BCUT2D eigenvalue weighted by molar-refractivity contribution is 5.18. The largest absolute Gasteiger partial charge is 0.377 e. The molecule has 0 radical (unpaired) electrons. The Morgan fingerprint density at radius 2 is 2.17 bits per heavy atom. The van der Waals surface area contributed by atoms with Crippen LogP contribution in [0.4, 0.5) is 0 Å². The Morgan fingerprint density at radius 1 is 1.39 bits per heavy atom. The van der Waals surface area contributed by atoms with Crippen molar-refractivity contribution in [3.8, 4) is 0 Å². The van der Waals surface area contributed by atoms with Crippen LogP contribution in [0.15, 0.2) is 30.3 Å². The summed E-state index contributed by atoms with van der Waals surface area (Å²) in [5.41, 5.74) is 7.42. The van der Waals surface area contributed by atoms with E-state index in [0.717, 1.165) is 26.1 Å². The monoisotopic (exact) mass is 248 g/mol. The fourth-order valence-corrected chi connectivity index (χ4v) is 2.45. The van der Waals surface area contributed by atoms with Crippen LogP contribution in [-0.2, 0) is 4.74 Å². The lowest BCUT2D eigenvalue weighted by Crippen LogP contribution is -2.31. The topological polar surface area (TPSA) is 38.5 Å². The van der Waals surface area contributed by atoms with Crippen LogP contribution >= 0.6 is 0 Å². The molecule has 0 saturated carbocycles. The smallest absolute Gasteiger partial charge is 0.0702 e. The van der Waals surface area contributed by atoms with Gasteiger partial charge in [-0.2, -0.15) is 0 Å². The Balaban J connectivity index is 1.70. The Bertz CT molecular complexity index is 336. The highest BCUT2D eigenvalue weighted by Gasteiger charge is 2.17. The maximum Gasteiger partial charge on any atom is 0.0702 e. The first-order chi connectivity index (χ1) is 8.75. The summed E-state index contributed by atoms with van der Waals surface area (Å²) in [6.45, 7) is 2.99. The highest BCUT2D eigenvalue weighted by Crippen LogP contribution is 2.15. The van der Waals surface area contributed by atoms with Crippen molar-refractivity contribution >= 4 is 0 Å². The maximum absolute atomic E-state index is 6.19. The zero-order valence-electron chi connectivity index (χ0n) is 11.2. The molecule has 1 aromatic carbocycles. The summed E-state index contributed by atoms with van der Waals surface area (Å²) in [6, 6.07) is 10.5. The van der Waals surface area contributed by atoms with Crippen LogP contribution in [0.3, 0.4) is 0 Å². The van der Waals surface area contributed by atoms with Gasteiger partial charge in [0.2, 0.25) is 0 Å². The fraction of sp³-hybridized carbons (Fsp3) is 0.600. The molecule has 2 unspecified atom stereocenters. The fourth-order valence-electron chi connectivity index (χ4n) is 2.45. The first kappa shape index (κ1) is 13.5. The minimum absolute atomic E-state index is 0.137. The Kier molecular flexibility index (Phi) is 5.17. The summed E-state index contributed by atoms with van der Waals surface area (Å²) in [4.78, 5) is 2.33. The Morgan fingerprint density at radius 3 is 2.83 bits per heavy atom. The quantitative estimate of drug-likeness (QED) is 0.838. The SMILES string of the molecule is CN(CCC(N)c1ccccc1)CC1CCCO1. The lowest BCUT2D eigenvalue weighted by molar-refractivity contribution is 0.0804. The molecule has 0 bridgehead atoms. The highest BCUT2D eigenvalue weighted by atomic mass is 16.5. The molecule has 1 aliphatic rings. The zero-order chi connectivity index (χ0) is 12.8. The van der Waals surface area contributed by atoms with Gasteiger partial charge >= 0.3 is 0 Å². The molecule has 3 nitrogen and oxygen atoms in total. The molecule has 2 N–H and O–H groups in total. The molecular weight excluding hydrogens is 224 g/mol. The summed E-state index contributed by atoms with van der Waals surface area (Å²) in [5, 5.41) is 0. The van der Waals surface area contributed by atoms with Gasteiger partial charge in [-0.05, 0) is 38.4 Å². The molecule has 0 spiro atoms. The second-order valence-electron chi connectivity index (χ2n) is 5.20. The van der Waals surface area contributed by atoms with Crippen LogP contribution in [0.2, 0.25) is 0 Å². The van der Waals surface area contributed by atoms with E-state index in [0.29, 0.717) is 6.10 Å². The number of rotatable bonds is 6. The number of hydrogen-bond acceptors (Lipinski definition) is 3. The van der Waals surface area contributed by atoms with E-state index < -0.39 is 0 Å². The van der Waals surface area contributed by atoms with E-state index in [4.69, 9.17) is 10.5 Å². The number of ether oxygens (including phenoxy) is 1. The molecule has 1 aromatic rings. The molecule has 0 aliphatic carbocycles. The second-order valence-corrected chi connectivity index (χ2v) is 5.20. The first-order valence-corrected chi connectivity index (χ1v) is 6.86. The summed E-state index contributed by atoms with van der Waals surface area (Å²) < 4.78 is 5.64. The zero-order valence-corrected chi connectivity index (χ0v) is 11.2. The standard InChI is InChI=1S/C15H24N2O/c1-17(12-14-8-5-11-18-14)10-9-15(16)13-6-3-2-4-7-13/h2-4,6-7,14-15H,5,8-12,16H2,1H3. The van der Waals surface area contributed by atoms with Gasteiger partial charge in [0.15, 0.2) is 0 Å². The van der Waals surface area contributed by atoms with Gasteiger partial charge in [0.05, 0.1) is 6.10 Å². The van der Waals surface area contributed by atoms with Gasteiger partial charge in [-0.1, -0.05) is 30.3 Å². The summed E-state index contributed by atoms with van der Waals surface area (Å²) in [7, 11) is 2.15. The molecule has 100 valence electrons. The average molecular weight is 248 g/mol. The van der Waals surface area contributed by atoms with E-state index in [9.17, 15) is 0 Å². The molecule has 1 fully saturated rings. The molecular formula is C15H24N2O. The van der Waals surface area contributed by atoms with E-state index in [2.05, 4.69) is 24.1 Å². The van der Waals surface area contributed by atoms with Gasteiger partial charge in [0, 0.05) is 19.2 Å². The van der Waals surface area contributed by atoms with Crippen molar-refractivity contribution in [2.24, 2.45) is 5.73 Å². The molecule has 0 amide bonds. The second kappa shape index (κ2) is 6.88. The van der Waals surface area contributed by atoms with E-state index in [1.165, 1.54) is 18.4 Å². The van der Waals surface area contributed by atoms with Gasteiger partial charge < -0.3 is 15.4 Å². The van der Waals surface area contributed by atoms with Crippen molar-refractivity contribution in [1.29, 1.82) is 0 Å². The molecule has 2 atom stereocenters. The normalized spacial score (nSPS) is 21.4. The van der Waals surface area contributed by atoms with Gasteiger partial charge in [0.1, 0.15) is 0 Å². The van der Waals surface area contributed by atoms with Gasteiger partial charge in [0.25, 0.3) is 0 Å². The third-order valence-corrected chi connectivity index (χ3v) is 3.59. The lowest BCUT2D eigenvalue weighted by atomic mass is 10.0. The van der Waals surface area contributed by atoms with E-state index >= 15 is 0 Å². The molecule has 1 saturated heterocycles. The van der Waals surface area contributed by atoms with Gasteiger partial charge in [-0.3, -0.25) is 0 Å². The number of hydrogen-bond donors (Lipinski definition) is 1. The maximum atomic E-state index is 6.19. The molecule has 1 aliphatic heterocycles. The van der Waals surface area contributed by atoms with Crippen molar-refractivity contribution in [3.63, 3.8) is 0 Å². The van der Waals surface area contributed by atoms with E-state index in [1.807, 2.05) is 18.2 Å².